The van der Waals surface area contributed by atoms with E-state index in [1.165, 1.54) is 11.8 Å². The topological polar surface area (TPSA) is 107 Å². The molecule has 1 aromatic carbocycles. The fourth-order valence-electron chi connectivity index (χ4n) is 3.20. The average Bonchev–Trinajstić information content (AvgIpc) is 3.08. The summed E-state index contributed by atoms with van der Waals surface area (Å²) < 4.78 is 1.67. The van der Waals surface area contributed by atoms with E-state index in [4.69, 9.17) is 5.73 Å². The second-order valence-corrected chi connectivity index (χ2v) is 7.43. The van der Waals surface area contributed by atoms with Gasteiger partial charge in [-0.15, -0.1) is 5.10 Å². The Labute approximate surface area is 156 Å². The van der Waals surface area contributed by atoms with Crippen LogP contribution in [-0.4, -0.2) is 55.8 Å². The number of benzene rings is 1. The number of hydrogen-bond acceptors (Lipinski definition) is 6. The Morgan fingerprint density at radius 1 is 1.31 bits per heavy atom. The van der Waals surface area contributed by atoms with Crippen molar-refractivity contribution in [1.82, 2.24) is 25.1 Å². The quantitative estimate of drug-likeness (QED) is 0.785. The maximum absolute atomic E-state index is 12.5. The minimum atomic E-state index is -0.339. The number of para-hydroxylation sites is 1. The number of tetrazole rings is 1. The largest absolute Gasteiger partial charge is 0.369 e. The van der Waals surface area contributed by atoms with E-state index in [1.54, 1.807) is 9.58 Å². The zero-order valence-corrected chi connectivity index (χ0v) is 15.7. The monoisotopic (exact) mass is 374 g/mol. The molecule has 1 atom stereocenters. The molecule has 1 fully saturated rings. The zero-order valence-electron chi connectivity index (χ0n) is 14.9. The van der Waals surface area contributed by atoms with Crippen LogP contribution in [0, 0.1) is 19.8 Å². The summed E-state index contributed by atoms with van der Waals surface area (Å²) in [6.07, 6.45) is 1.54. The van der Waals surface area contributed by atoms with Crippen LogP contribution in [0.3, 0.4) is 0 Å². The Hall–Kier alpha value is -2.42. The number of nitrogens with zero attached hydrogens (tertiary/aromatic N) is 5. The molecule has 9 heteroatoms. The molecular formula is C17H22N6O2S. The van der Waals surface area contributed by atoms with Crippen molar-refractivity contribution in [3.63, 3.8) is 0 Å². The second-order valence-electron chi connectivity index (χ2n) is 6.48. The van der Waals surface area contributed by atoms with E-state index in [0.717, 1.165) is 29.7 Å². The van der Waals surface area contributed by atoms with Gasteiger partial charge in [0.05, 0.1) is 17.4 Å². The van der Waals surface area contributed by atoms with Gasteiger partial charge in [0.25, 0.3) is 0 Å². The SMILES string of the molecule is Cc1cccc(C)c1-n1nnnc1SCC(=O)N1CCC[C@H](C(N)=O)C1. The third-order valence-electron chi connectivity index (χ3n) is 4.59. The fraction of sp³-hybridized carbons (Fsp3) is 0.471. The number of piperidine rings is 1. The second kappa shape index (κ2) is 7.86. The first-order chi connectivity index (χ1) is 12.5. The molecule has 0 aliphatic carbocycles. The lowest BCUT2D eigenvalue weighted by Crippen LogP contribution is -2.44. The van der Waals surface area contributed by atoms with E-state index in [9.17, 15) is 9.59 Å². The van der Waals surface area contributed by atoms with Crippen molar-refractivity contribution in [2.45, 2.75) is 31.8 Å². The smallest absolute Gasteiger partial charge is 0.233 e. The first-order valence-electron chi connectivity index (χ1n) is 8.52. The molecule has 2 heterocycles. The summed E-state index contributed by atoms with van der Waals surface area (Å²) >= 11 is 1.30. The minimum absolute atomic E-state index is 0.0306. The first-order valence-corrected chi connectivity index (χ1v) is 9.50. The molecule has 0 saturated carbocycles. The van der Waals surface area contributed by atoms with E-state index in [-0.39, 0.29) is 23.5 Å². The summed E-state index contributed by atoms with van der Waals surface area (Å²) in [7, 11) is 0. The highest BCUT2D eigenvalue weighted by atomic mass is 32.2. The van der Waals surface area contributed by atoms with Crippen LogP contribution in [0.1, 0.15) is 24.0 Å². The Kier molecular flexibility index (Phi) is 5.55. The van der Waals surface area contributed by atoms with Gasteiger partial charge in [0.15, 0.2) is 0 Å². The highest BCUT2D eigenvalue weighted by Crippen LogP contribution is 2.24. The lowest BCUT2D eigenvalue weighted by molar-refractivity contribution is -0.132. The molecule has 8 nitrogen and oxygen atoms in total. The van der Waals surface area contributed by atoms with Crippen LogP contribution in [-0.2, 0) is 9.59 Å². The van der Waals surface area contributed by atoms with Crippen molar-refractivity contribution in [2.24, 2.45) is 11.7 Å². The summed E-state index contributed by atoms with van der Waals surface area (Å²) in [5.74, 6) is -0.402. The molecule has 1 aliphatic heterocycles. The van der Waals surface area contributed by atoms with Crippen LogP contribution in [0.4, 0.5) is 0 Å². The molecule has 1 aliphatic rings. The number of likely N-dealkylation sites (tertiary alicyclic amines) is 1. The highest BCUT2D eigenvalue weighted by Gasteiger charge is 2.27. The molecule has 0 bridgehead atoms. The summed E-state index contributed by atoms with van der Waals surface area (Å²) in [4.78, 5) is 25.6. The predicted octanol–water partition coefficient (Wildman–Crippen LogP) is 1.10. The standard InChI is InChI=1S/C17H22N6O2S/c1-11-5-3-6-12(2)15(11)23-17(19-20-21-23)26-10-14(24)22-8-4-7-13(9-22)16(18)25/h3,5-6,13H,4,7-10H2,1-2H3,(H2,18,25)/t13-/m0/s1. The number of hydrogen-bond donors (Lipinski definition) is 1. The van der Waals surface area contributed by atoms with Gasteiger partial charge in [0.1, 0.15) is 0 Å². The molecule has 2 amide bonds. The molecule has 2 N–H and O–H groups in total. The summed E-state index contributed by atoms with van der Waals surface area (Å²) in [6.45, 7) is 5.06. The van der Waals surface area contributed by atoms with Crippen molar-refractivity contribution >= 4 is 23.6 Å². The number of rotatable bonds is 5. The molecule has 26 heavy (non-hydrogen) atoms. The number of aryl methyl sites for hydroxylation is 2. The summed E-state index contributed by atoms with van der Waals surface area (Å²) in [5, 5.41) is 12.5. The van der Waals surface area contributed by atoms with Gasteiger partial charge in [-0.25, -0.2) is 0 Å². The maximum atomic E-state index is 12.5. The number of amides is 2. The van der Waals surface area contributed by atoms with Gasteiger partial charge < -0.3 is 10.6 Å². The summed E-state index contributed by atoms with van der Waals surface area (Å²) in [5.41, 5.74) is 8.43. The fourth-order valence-corrected chi connectivity index (χ4v) is 3.98. The lowest BCUT2D eigenvalue weighted by atomic mass is 9.97. The Balaban J connectivity index is 1.69. The van der Waals surface area contributed by atoms with Crippen LogP contribution >= 0.6 is 11.8 Å². The third kappa shape index (κ3) is 3.87. The number of nitrogens with two attached hydrogens (primary N) is 1. The Morgan fingerprint density at radius 3 is 2.73 bits per heavy atom. The van der Waals surface area contributed by atoms with E-state index < -0.39 is 0 Å². The number of carbonyl (C=O) groups excluding carboxylic acids is 2. The van der Waals surface area contributed by atoms with Crippen LogP contribution in [0.2, 0.25) is 0 Å². The van der Waals surface area contributed by atoms with Crippen molar-refractivity contribution < 1.29 is 9.59 Å². The molecule has 0 unspecified atom stereocenters. The van der Waals surface area contributed by atoms with Crippen molar-refractivity contribution in [2.75, 3.05) is 18.8 Å². The molecule has 1 saturated heterocycles. The zero-order chi connectivity index (χ0) is 18.7. The van der Waals surface area contributed by atoms with E-state index in [0.29, 0.717) is 18.2 Å². The average molecular weight is 374 g/mol. The minimum Gasteiger partial charge on any atom is -0.369 e. The molecule has 0 radical (unpaired) electrons. The third-order valence-corrected chi connectivity index (χ3v) is 5.50. The van der Waals surface area contributed by atoms with Gasteiger partial charge >= 0.3 is 0 Å². The molecule has 3 rings (SSSR count). The Bertz CT molecular complexity index is 801. The number of primary amides is 1. The molecule has 138 valence electrons. The van der Waals surface area contributed by atoms with Gasteiger partial charge in [-0.1, -0.05) is 30.0 Å². The van der Waals surface area contributed by atoms with Crippen molar-refractivity contribution in [1.29, 1.82) is 0 Å². The van der Waals surface area contributed by atoms with E-state index in [2.05, 4.69) is 15.5 Å². The van der Waals surface area contributed by atoms with Gasteiger partial charge in [-0.05, 0) is 48.2 Å². The predicted molar refractivity (Wildman–Crippen MR) is 97.9 cm³/mol. The number of aromatic nitrogens is 4. The van der Waals surface area contributed by atoms with Gasteiger partial charge in [0.2, 0.25) is 17.0 Å². The number of thioether (sulfide) groups is 1. The van der Waals surface area contributed by atoms with Gasteiger partial charge in [0, 0.05) is 13.1 Å². The summed E-state index contributed by atoms with van der Waals surface area (Å²) in [6, 6.07) is 5.99. The number of carbonyl (C=O) groups is 2. The van der Waals surface area contributed by atoms with Crippen LogP contribution in [0.5, 0.6) is 0 Å². The van der Waals surface area contributed by atoms with Gasteiger partial charge in [-0.2, -0.15) is 4.68 Å². The van der Waals surface area contributed by atoms with Crippen LogP contribution in [0.25, 0.3) is 5.69 Å². The highest BCUT2D eigenvalue weighted by molar-refractivity contribution is 7.99. The van der Waals surface area contributed by atoms with Gasteiger partial charge in [-0.3, -0.25) is 9.59 Å². The molecule has 2 aromatic rings. The van der Waals surface area contributed by atoms with E-state index >= 15 is 0 Å². The Morgan fingerprint density at radius 2 is 2.04 bits per heavy atom. The van der Waals surface area contributed by atoms with Crippen molar-refractivity contribution in [3.8, 4) is 5.69 Å². The van der Waals surface area contributed by atoms with Crippen LogP contribution < -0.4 is 5.73 Å². The normalized spacial score (nSPS) is 17.3. The maximum Gasteiger partial charge on any atom is 0.233 e. The van der Waals surface area contributed by atoms with E-state index in [1.807, 2.05) is 32.0 Å². The molecule has 1 aromatic heterocycles. The molecular weight excluding hydrogens is 352 g/mol. The lowest BCUT2D eigenvalue weighted by Gasteiger charge is -2.31. The first kappa shape index (κ1) is 18.4. The van der Waals surface area contributed by atoms with Crippen LogP contribution in [0.15, 0.2) is 23.4 Å². The van der Waals surface area contributed by atoms with Crippen molar-refractivity contribution in [3.05, 3.63) is 29.3 Å². The molecule has 0 spiro atoms.